The lowest BCUT2D eigenvalue weighted by Gasteiger charge is -2.29. The van der Waals surface area contributed by atoms with Crippen molar-refractivity contribution in [2.45, 2.75) is 104 Å². The highest BCUT2D eigenvalue weighted by atomic mass is 14.3. The van der Waals surface area contributed by atoms with Crippen LogP contribution in [-0.4, -0.2) is 0 Å². The minimum atomic E-state index is 0.817. The molecule has 1 aromatic carbocycles. The van der Waals surface area contributed by atoms with E-state index in [0.717, 1.165) is 23.7 Å². The van der Waals surface area contributed by atoms with Crippen LogP contribution in [-0.2, 0) is 0 Å². The quantitative estimate of drug-likeness (QED) is 0.431. The van der Waals surface area contributed by atoms with E-state index < -0.39 is 0 Å². The lowest BCUT2D eigenvalue weighted by Crippen LogP contribution is -2.13. The molecule has 0 N–H and O–H groups in total. The predicted molar refractivity (Wildman–Crippen MR) is 120 cm³/mol. The first-order chi connectivity index (χ1) is 13.2. The number of unbranched alkanes of at least 4 members (excludes halogenated alkanes) is 1. The number of rotatable bonds is 8. The van der Waals surface area contributed by atoms with Crippen molar-refractivity contribution in [3.05, 3.63) is 41.5 Å². The fourth-order valence-electron chi connectivity index (χ4n) is 5.35. The van der Waals surface area contributed by atoms with Crippen LogP contribution in [0.5, 0.6) is 0 Å². The van der Waals surface area contributed by atoms with Crippen molar-refractivity contribution in [1.29, 1.82) is 0 Å². The summed E-state index contributed by atoms with van der Waals surface area (Å²) in [5, 5.41) is 0. The van der Waals surface area contributed by atoms with Crippen LogP contribution in [0.2, 0.25) is 0 Å². The fourth-order valence-corrected chi connectivity index (χ4v) is 5.35. The summed E-state index contributed by atoms with van der Waals surface area (Å²) in [4.78, 5) is 0. The van der Waals surface area contributed by atoms with E-state index in [1.807, 2.05) is 0 Å². The summed E-state index contributed by atoms with van der Waals surface area (Å²) < 4.78 is 0. The average Bonchev–Trinajstić information content (AvgIpc) is 2.73. The highest BCUT2D eigenvalue weighted by Gasteiger charge is 2.22. The van der Waals surface area contributed by atoms with Crippen molar-refractivity contribution in [2.75, 3.05) is 0 Å². The summed E-state index contributed by atoms with van der Waals surface area (Å²) in [6.07, 6.45) is 19.2. The van der Waals surface area contributed by atoms with E-state index in [4.69, 9.17) is 0 Å². The van der Waals surface area contributed by atoms with E-state index in [1.165, 1.54) is 82.6 Å². The van der Waals surface area contributed by atoms with Gasteiger partial charge in [0.25, 0.3) is 0 Å². The van der Waals surface area contributed by atoms with Crippen LogP contribution >= 0.6 is 0 Å². The normalized spacial score (nSPS) is 27.2. The fraction of sp³-hybridized carbons (Fsp3) is 0.704. The number of hydrogen-bond acceptors (Lipinski definition) is 0. The Morgan fingerprint density at radius 2 is 1.67 bits per heavy atom. The van der Waals surface area contributed by atoms with Crippen LogP contribution in [0.4, 0.5) is 0 Å². The Balaban J connectivity index is 1.51. The van der Waals surface area contributed by atoms with E-state index in [9.17, 15) is 0 Å². The molecule has 0 nitrogen and oxygen atoms in total. The summed E-state index contributed by atoms with van der Waals surface area (Å²) in [5.74, 6) is 3.64. The minimum Gasteiger partial charge on any atom is -0.0804 e. The molecule has 2 aliphatic rings. The molecule has 1 fully saturated rings. The number of allylic oxidation sites excluding steroid dienone is 2. The van der Waals surface area contributed by atoms with Gasteiger partial charge in [0, 0.05) is 0 Å². The molecule has 2 aliphatic carbocycles. The summed E-state index contributed by atoms with van der Waals surface area (Å²) >= 11 is 0. The van der Waals surface area contributed by atoms with Crippen molar-refractivity contribution in [2.24, 2.45) is 17.8 Å². The third-order valence-corrected chi connectivity index (χ3v) is 7.52. The van der Waals surface area contributed by atoms with Crippen molar-refractivity contribution in [3.8, 4) is 0 Å². The van der Waals surface area contributed by atoms with Gasteiger partial charge in [-0.2, -0.15) is 0 Å². The Labute approximate surface area is 168 Å². The summed E-state index contributed by atoms with van der Waals surface area (Å²) in [6.45, 7) is 7.06. The largest absolute Gasteiger partial charge is 0.0804 e. The second-order valence-electron chi connectivity index (χ2n) is 9.60. The molecule has 0 aromatic heterocycles. The monoisotopic (exact) mass is 366 g/mol. The maximum Gasteiger partial charge on any atom is -0.0162 e. The molecule has 2 atom stereocenters. The smallest absolute Gasteiger partial charge is 0.0162 e. The molecule has 0 heterocycles. The molecule has 0 amide bonds. The minimum absolute atomic E-state index is 0.817. The van der Waals surface area contributed by atoms with Gasteiger partial charge in [0.15, 0.2) is 0 Å². The zero-order chi connectivity index (χ0) is 19.1. The Kier molecular flexibility index (Phi) is 8.04. The van der Waals surface area contributed by atoms with Gasteiger partial charge in [-0.05, 0) is 91.7 Å². The van der Waals surface area contributed by atoms with Crippen LogP contribution in [0.15, 0.2) is 30.3 Å². The van der Waals surface area contributed by atoms with Gasteiger partial charge >= 0.3 is 0 Å². The molecule has 0 radical (unpaired) electrons. The topological polar surface area (TPSA) is 0 Å². The molecule has 0 aliphatic heterocycles. The lowest BCUT2D eigenvalue weighted by molar-refractivity contribution is 0.304. The first kappa shape index (κ1) is 20.7. The van der Waals surface area contributed by atoms with Gasteiger partial charge in [-0.1, -0.05) is 76.8 Å². The molecule has 150 valence electrons. The third-order valence-electron chi connectivity index (χ3n) is 7.52. The molecule has 1 aromatic rings. The summed E-state index contributed by atoms with van der Waals surface area (Å²) in [5.41, 5.74) is 4.68. The zero-order valence-electron chi connectivity index (χ0n) is 18.2. The van der Waals surface area contributed by atoms with E-state index in [-0.39, 0.29) is 0 Å². The van der Waals surface area contributed by atoms with Gasteiger partial charge in [-0.3, -0.25) is 0 Å². The molecular weight excluding hydrogens is 324 g/mol. The second kappa shape index (κ2) is 10.5. The van der Waals surface area contributed by atoms with E-state index in [1.54, 1.807) is 11.1 Å². The SMILES string of the molecule is CCCCC1CCC(c2ccc(C3=CCC(CC(C)CC)CC3)cc2)CC1. The van der Waals surface area contributed by atoms with Crippen molar-refractivity contribution in [3.63, 3.8) is 0 Å². The first-order valence-corrected chi connectivity index (χ1v) is 12.0. The van der Waals surface area contributed by atoms with Gasteiger partial charge in [0.1, 0.15) is 0 Å². The van der Waals surface area contributed by atoms with Crippen LogP contribution < -0.4 is 0 Å². The predicted octanol–water partition coefficient (Wildman–Crippen LogP) is 8.77. The van der Waals surface area contributed by atoms with E-state index in [0.29, 0.717) is 0 Å². The highest BCUT2D eigenvalue weighted by Crippen LogP contribution is 2.39. The maximum atomic E-state index is 2.55. The zero-order valence-corrected chi connectivity index (χ0v) is 18.2. The van der Waals surface area contributed by atoms with Crippen LogP contribution in [0.3, 0.4) is 0 Å². The molecule has 0 spiro atoms. The first-order valence-electron chi connectivity index (χ1n) is 12.0. The van der Waals surface area contributed by atoms with Gasteiger partial charge in [0.2, 0.25) is 0 Å². The van der Waals surface area contributed by atoms with E-state index in [2.05, 4.69) is 51.1 Å². The molecular formula is C27H42. The standard InChI is InChI=1S/C27H42/c1-4-6-7-22-8-12-24(13-9-22)26-16-18-27(19-17-26)25-14-10-23(11-15-25)20-21(3)5-2/h14,16-19,21-24H,4-13,15,20H2,1-3H3. The van der Waals surface area contributed by atoms with Crippen molar-refractivity contribution >= 4 is 5.57 Å². The second-order valence-corrected chi connectivity index (χ2v) is 9.60. The van der Waals surface area contributed by atoms with Gasteiger partial charge in [-0.15, -0.1) is 0 Å². The third kappa shape index (κ3) is 5.97. The molecule has 3 rings (SSSR count). The number of hydrogen-bond donors (Lipinski definition) is 0. The molecule has 27 heavy (non-hydrogen) atoms. The summed E-state index contributed by atoms with van der Waals surface area (Å²) in [6, 6.07) is 9.72. The average molecular weight is 367 g/mol. The van der Waals surface area contributed by atoms with Crippen molar-refractivity contribution < 1.29 is 0 Å². The van der Waals surface area contributed by atoms with Crippen LogP contribution in [0, 0.1) is 17.8 Å². The van der Waals surface area contributed by atoms with E-state index >= 15 is 0 Å². The van der Waals surface area contributed by atoms with Gasteiger partial charge < -0.3 is 0 Å². The van der Waals surface area contributed by atoms with Crippen molar-refractivity contribution in [1.82, 2.24) is 0 Å². The molecule has 0 heteroatoms. The Hall–Kier alpha value is -1.04. The maximum absolute atomic E-state index is 2.55. The molecule has 2 unspecified atom stereocenters. The Morgan fingerprint density at radius 3 is 2.26 bits per heavy atom. The van der Waals surface area contributed by atoms with Crippen LogP contribution in [0.1, 0.15) is 115 Å². The Morgan fingerprint density at radius 1 is 0.926 bits per heavy atom. The highest BCUT2D eigenvalue weighted by molar-refractivity contribution is 5.66. The lowest BCUT2D eigenvalue weighted by atomic mass is 9.76. The summed E-state index contributed by atoms with van der Waals surface area (Å²) in [7, 11) is 0. The van der Waals surface area contributed by atoms with Crippen LogP contribution in [0.25, 0.3) is 5.57 Å². The Bertz CT molecular complexity index is 571. The van der Waals surface area contributed by atoms with Gasteiger partial charge in [-0.25, -0.2) is 0 Å². The van der Waals surface area contributed by atoms with Gasteiger partial charge in [0.05, 0.1) is 0 Å². The molecule has 0 saturated heterocycles. The molecule has 1 saturated carbocycles. The molecule has 0 bridgehead atoms. The number of benzene rings is 1.